The molecule has 5 nitrogen and oxygen atoms in total. The van der Waals surface area contributed by atoms with E-state index in [1.807, 2.05) is 0 Å². The average molecular weight is 319 g/mol. The Morgan fingerprint density at radius 2 is 1.64 bits per heavy atom. The highest BCUT2D eigenvalue weighted by Crippen LogP contribution is 2.43. The average Bonchev–Trinajstić information content (AvgIpc) is 2.91. The van der Waals surface area contributed by atoms with Crippen LogP contribution in [0.15, 0.2) is 0 Å². The SMILES string of the molecule is Nc1nc(NC2CCC(F)(F)C2)nc(C2CCC(F)(F)C2)n1. The Kier molecular flexibility index (Phi) is 3.60. The molecule has 1 aromatic rings. The summed E-state index contributed by atoms with van der Waals surface area (Å²) in [5.74, 6) is -5.68. The summed E-state index contributed by atoms with van der Waals surface area (Å²) < 4.78 is 53.0. The predicted octanol–water partition coefficient (Wildman–Crippen LogP) is 2.96. The number of hydrogen-bond donors (Lipinski definition) is 2. The van der Waals surface area contributed by atoms with E-state index in [4.69, 9.17) is 5.73 Å². The van der Waals surface area contributed by atoms with E-state index in [-0.39, 0.29) is 49.8 Å². The van der Waals surface area contributed by atoms with Crippen molar-refractivity contribution in [3.63, 3.8) is 0 Å². The van der Waals surface area contributed by atoms with E-state index in [0.29, 0.717) is 6.42 Å². The van der Waals surface area contributed by atoms with Crippen LogP contribution in [0.1, 0.15) is 50.3 Å². The van der Waals surface area contributed by atoms with Gasteiger partial charge >= 0.3 is 0 Å². The molecule has 122 valence electrons. The number of alkyl halides is 4. The molecule has 3 N–H and O–H groups in total. The highest BCUT2D eigenvalue weighted by Gasteiger charge is 2.42. The molecule has 1 aromatic heterocycles. The molecule has 22 heavy (non-hydrogen) atoms. The van der Waals surface area contributed by atoms with Crippen LogP contribution in [0.4, 0.5) is 29.5 Å². The summed E-state index contributed by atoms with van der Waals surface area (Å²) in [5.41, 5.74) is 5.58. The van der Waals surface area contributed by atoms with Crippen molar-refractivity contribution in [2.75, 3.05) is 11.1 Å². The Hall–Kier alpha value is -1.67. The first kappa shape index (κ1) is 15.2. The lowest BCUT2D eigenvalue weighted by molar-refractivity contribution is 0.00709. The number of hydrogen-bond acceptors (Lipinski definition) is 5. The third kappa shape index (κ3) is 3.38. The van der Waals surface area contributed by atoms with Crippen LogP contribution in [-0.2, 0) is 0 Å². The van der Waals surface area contributed by atoms with Crippen molar-refractivity contribution in [2.24, 2.45) is 0 Å². The van der Waals surface area contributed by atoms with Crippen molar-refractivity contribution >= 4 is 11.9 Å². The molecule has 0 bridgehead atoms. The Morgan fingerprint density at radius 1 is 0.955 bits per heavy atom. The molecule has 2 fully saturated rings. The van der Waals surface area contributed by atoms with Gasteiger partial charge in [0, 0.05) is 37.6 Å². The van der Waals surface area contributed by atoms with Gasteiger partial charge in [-0.15, -0.1) is 0 Å². The number of nitrogens with one attached hydrogen (secondary N) is 1. The first-order valence-electron chi connectivity index (χ1n) is 7.26. The zero-order valence-corrected chi connectivity index (χ0v) is 11.8. The highest BCUT2D eigenvalue weighted by atomic mass is 19.3. The zero-order chi connectivity index (χ0) is 16.0. The van der Waals surface area contributed by atoms with E-state index in [1.54, 1.807) is 0 Å². The molecule has 1 heterocycles. The van der Waals surface area contributed by atoms with E-state index in [9.17, 15) is 17.6 Å². The van der Waals surface area contributed by atoms with Gasteiger partial charge in [0.2, 0.25) is 23.7 Å². The highest BCUT2D eigenvalue weighted by molar-refractivity contribution is 5.33. The van der Waals surface area contributed by atoms with Gasteiger partial charge in [-0.2, -0.15) is 15.0 Å². The minimum absolute atomic E-state index is 0.0837. The van der Waals surface area contributed by atoms with Gasteiger partial charge in [-0.1, -0.05) is 0 Å². The largest absolute Gasteiger partial charge is 0.368 e. The number of anilines is 2. The fourth-order valence-electron chi connectivity index (χ4n) is 3.08. The van der Waals surface area contributed by atoms with E-state index in [0.717, 1.165) is 0 Å². The van der Waals surface area contributed by atoms with Crippen LogP contribution in [-0.4, -0.2) is 32.8 Å². The summed E-state index contributed by atoms with van der Waals surface area (Å²) in [6.07, 6.45) is -0.437. The summed E-state index contributed by atoms with van der Waals surface area (Å²) in [5, 5.41) is 2.81. The van der Waals surface area contributed by atoms with Crippen molar-refractivity contribution < 1.29 is 17.6 Å². The maximum absolute atomic E-state index is 13.3. The Bertz CT molecular complexity index is 565. The summed E-state index contributed by atoms with van der Waals surface area (Å²) in [6, 6.07) is -0.449. The molecule has 2 unspecified atom stereocenters. The molecule has 2 saturated carbocycles. The van der Waals surface area contributed by atoms with Crippen LogP contribution < -0.4 is 11.1 Å². The fourth-order valence-corrected chi connectivity index (χ4v) is 3.08. The van der Waals surface area contributed by atoms with Crippen molar-refractivity contribution in [1.29, 1.82) is 0 Å². The Labute approximate surface area is 124 Å². The lowest BCUT2D eigenvalue weighted by atomic mass is 10.1. The summed E-state index contributed by atoms with van der Waals surface area (Å²) in [4.78, 5) is 11.9. The quantitative estimate of drug-likeness (QED) is 0.838. The second-order valence-corrected chi connectivity index (χ2v) is 6.11. The molecular weight excluding hydrogens is 302 g/mol. The zero-order valence-electron chi connectivity index (χ0n) is 11.8. The lowest BCUT2D eigenvalue weighted by Crippen LogP contribution is -2.22. The molecule has 2 aliphatic rings. The molecule has 9 heteroatoms. The third-order valence-electron chi connectivity index (χ3n) is 4.18. The van der Waals surface area contributed by atoms with E-state index in [2.05, 4.69) is 20.3 Å². The third-order valence-corrected chi connectivity index (χ3v) is 4.18. The first-order chi connectivity index (χ1) is 10.2. The normalized spacial score (nSPS) is 29.6. The minimum Gasteiger partial charge on any atom is -0.368 e. The summed E-state index contributed by atoms with van der Waals surface area (Å²) >= 11 is 0. The monoisotopic (exact) mass is 319 g/mol. The van der Waals surface area contributed by atoms with Gasteiger partial charge in [-0.25, -0.2) is 17.6 Å². The number of nitrogens with zero attached hydrogens (tertiary/aromatic N) is 3. The number of aromatic nitrogens is 3. The summed E-state index contributed by atoms with van der Waals surface area (Å²) in [7, 11) is 0. The Morgan fingerprint density at radius 3 is 2.23 bits per heavy atom. The van der Waals surface area contributed by atoms with Gasteiger partial charge in [0.15, 0.2) is 0 Å². The molecule has 0 saturated heterocycles. The van der Waals surface area contributed by atoms with Crippen LogP contribution in [0.2, 0.25) is 0 Å². The van der Waals surface area contributed by atoms with Crippen molar-refractivity contribution in [1.82, 2.24) is 15.0 Å². The molecule has 0 spiro atoms. The van der Waals surface area contributed by atoms with Gasteiger partial charge in [0.05, 0.1) is 0 Å². The van der Waals surface area contributed by atoms with Crippen LogP contribution in [0, 0.1) is 0 Å². The molecule has 2 aliphatic carbocycles. The van der Waals surface area contributed by atoms with Crippen molar-refractivity contribution in [2.45, 2.75) is 62.3 Å². The Balaban J connectivity index is 1.73. The van der Waals surface area contributed by atoms with Crippen LogP contribution in [0.25, 0.3) is 0 Å². The second-order valence-electron chi connectivity index (χ2n) is 6.11. The van der Waals surface area contributed by atoms with Crippen LogP contribution in [0.5, 0.6) is 0 Å². The standard InChI is InChI=1S/C13H17F4N5/c14-12(15)3-1-7(5-12)9-20-10(18)22-11(21-9)19-8-2-4-13(16,17)6-8/h7-8H,1-6H2,(H3,18,19,20,21,22). The van der Waals surface area contributed by atoms with Crippen molar-refractivity contribution in [3.05, 3.63) is 5.82 Å². The minimum atomic E-state index is -2.72. The van der Waals surface area contributed by atoms with Gasteiger partial charge in [0.1, 0.15) is 5.82 Å². The molecular formula is C13H17F4N5. The molecule has 3 rings (SSSR count). The molecule has 0 aliphatic heterocycles. The summed E-state index contributed by atoms with van der Waals surface area (Å²) in [6.45, 7) is 0. The van der Waals surface area contributed by atoms with E-state index in [1.165, 1.54) is 0 Å². The number of rotatable bonds is 3. The van der Waals surface area contributed by atoms with Gasteiger partial charge in [-0.05, 0) is 12.8 Å². The molecule has 0 aromatic carbocycles. The van der Waals surface area contributed by atoms with Crippen molar-refractivity contribution in [3.8, 4) is 0 Å². The van der Waals surface area contributed by atoms with Crippen LogP contribution in [0.3, 0.4) is 0 Å². The van der Waals surface area contributed by atoms with Gasteiger partial charge < -0.3 is 11.1 Å². The molecule has 0 amide bonds. The van der Waals surface area contributed by atoms with E-state index >= 15 is 0 Å². The molecule has 2 atom stereocenters. The fraction of sp³-hybridized carbons (Fsp3) is 0.769. The van der Waals surface area contributed by atoms with Gasteiger partial charge in [0.25, 0.3) is 0 Å². The second kappa shape index (κ2) is 5.20. The van der Waals surface area contributed by atoms with E-state index < -0.39 is 23.8 Å². The number of nitrogen functional groups attached to an aromatic ring is 1. The van der Waals surface area contributed by atoms with Crippen LogP contribution >= 0.6 is 0 Å². The number of halogens is 4. The smallest absolute Gasteiger partial charge is 0.250 e. The lowest BCUT2D eigenvalue weighted by Gasteiger charge is -2.15. The first-order valence-corrected chi connectivity index (χ1v) is 7.26. The van der Waals surface area contributed by atoms with Gasteiger partial charge in [-0.3, -0.25) is 0 Å². The maximum atomic E-state index is 13.3. The topological polar surface area (TPSA) is 76.7 Å². The predicted molar refractivity (Wildman–Crippen MR) is 72.0 cm³/mol. The molecule has 0 radical (unpaired) electrons. The maximum Gasteiger partial charge on any atom is 0.250 e. The number of nitrogens with two attached hydrogens (primary N) is 1.